The zero-order valence-corrected chi connectivity index (χ0v) is 11.9. The van der Waals surface area contributed by atoms with Crippen LogP contribution >= 0.6 is 15.9 Å². The van der Waals surface area contributed by atoms with Gasteiger partial charge in [-0.05, 0) is 39.2 Å². The summed E-state index contributed by atoms with van der Waals surface area (Å²) in [5.41, 5.74) is 2.84. The molecule has 19 heavy (non-hydrogen) atoms. The van der Waals surface area contributed by atoms with Crippen molar-refractivity contribution in [2.24, 2.45) is 0 Å². The Morgan fingerprint density at radius 3 is 2.37 bits per heavy atom. The van der Waals surface area contributed by atoms with Crippen LogP contribution in [0.5, 0.6) is 0 Å². The van der Waals surface area contributed by atoms with Crippen LogP contribution < -0.4 is 5.32 Å². The second-order valence-corrected chi connectivity index (χ2v) is 5.03. The summed E-state index contributed by atoms with van der Waals surface area (Å²) in [5.74, 6) is -0.812. The summed E-state index contributed by atoms with van der Waals surface area (Å²) in [4.78, 5) is 10.8. The number of benzene rings is 2. The lowest BCUT2D eigenvalue weighted by molar-refractivity contribution is -0.136. The Hall–Kier alpha value is -1.81. The number of rotatable bonds is 5. The second kappa shape index (κ2) is 6.38. The minimum Gasteiger partial charge on any atom is -0.481 e. The molecule has 2 rings (SSSR count). The van der Waals surface area contributed by atoms with Crippen LogP contribution in [0, 0.1) is 0 Å². The zero-order valence-electron chi connectivity index (χ0n) is 10.3. The maximum Gasteiger partial charge on any atom is 0.307 e. The van der Waals surface area contributed by atoms with Crippen LogP contribution in [-0.2, 0) is 17.8 Å². The summed E-state index contributed by atoms with van der Waals surface area (Å²) in [5, 5.41) is 12.2. The van der Waals surface area contributed by atoms with E-state index in [1.807, 2.05) is 48.5 Å². The third-order valence-corrected chi connectivity index (χ3v) is 3.49. The monoisotopic (exact) mass is 319 g/mol. The van der Waals surface area contributed by atoms with E-state index in [4.69, 9.17) is 5.11 Å². The normalized spacial score (nSPS) is 10.2. The van der Waals surface area contributed by atoms with Crippen molar-refractivity contribution in [3.8, 4) is 0 Å². The first-order valence-corrected chi connectivity index (χ1v) is 6.73. The van der Waals surface area contributed by atoms with Gasteiger partial charge >= 0.3 is 5.97 Å². The summed E-state index contributed by atoms with van der Waals surface area (Å²) < 4.78 is 0.991. The molecular weight excluding hydrogens is 306 g/mol. The van der Waals surface area contributed by atoms with Gasteiger partial charge in [0.25, 0.3) is 0 Å². The minimum atomic E-state index is -0.812. The number of carbonyl (C=O) groups is 1. The molecule has 0 radical (unpaired) electrons. The fourth-order valence-corrected chi connectivity index (χ4v) is 2.29. The van der Waals surface area contributed by atoms with Gasteiger partial charge in [-0.2, -0.15) is 0 Å². The van der Waals surface area contributed by atoms with Gasteiger partial charge in [-0.15, -0.1) is 0 Å². The van der Waals surface area contributed by atoms with Gasteiger partial charge in [0.05, 0.1) is 6.42 Å². The van der Waals surface area contributed by atoms with E-state index in [1.165, 1.54) is 0 Å². The number of halogens is 1. The molecule has 0 amide bonds. The van der Waals surface area contributed by atoms with Crippen molar-refractivity contribution in [1.82, 2.24) is 0 Å². The highest BCUT2D eigenvalue weighted by Gasteiger charge is 2.06. The first-order chi connectivity index (χ1) is 9.16. The van der Waals surface area contributed by atoms with Crippen molar-refractivity contribution in [2.75, 3.05) is 5.32 Å². The van der Waals surface area contributed by atoms with Crippen molar-refractivity contribution >= 4 is 27.6 Å². The molecule has 0 fully saturated rings. The summed E-state index contributed by atoms with van der Waals surface area (Å²) in [7, 11) is 0. The van der Waals surface area contributed by atoms with Crippen LogP contribution in [0.15, 0.2) is 53.0 Å². The van der Waals surface area contributed by atoms with Crippen molar-refractivity contribution in [1.29, 1.82) is 0 Å². The average molecular weight is 320 g/mol. The van der Waals surface area contributed by atoms with E-state index in [-0.39, 0.29) is 6.42 Å². The van der Waals surface area contributed by atoms with Gasteiger partial charge in [0, 0.05) is 16.7 Å². The fourth-order valence-electron chi connectivity index (χ4n) is 1.86. The van der Waals surface area contributed by atoms with Crippen LogP contribution in [0.3, 0.4) is 0 Å². The lowest BCUT2D eigenvalue weighted by atomic mass is 10.0. The van der Waals surface area contributed by atoms with Gasteiger partial charge in [0.1, 0.15) is 0 Å². The molecule has 3 nitrogen and oxygen atoms in total. The molecule has 0 saturated carbocycles. The summed E-state index contributed by atoms with van der Waals surface area (Å²) in [6, 6.07) is 15.4. The van der Waals surface area contributed by atoms with E-state index in [1.54, 1.807) is 0 Å². The largest absolute Gasteiger partial charge is 0.481 e. The number of carboxylic acids is 1. The van der Waals surface area contributed by atoms with Crippen molar-refractivity contribution in [3.63, 3.8) is 0 Å². The number of anilines is 1. The van der Waals surface area contributed by atoms with E-state index in [9.17, 15) is 4.79 Å². The SMILES string of the molecule is O=C(O)Cc1ccccc1CNc1ccccc1Br. The predicted octanol–water partition coefficient (Wildman–Crippen LogP) is 3.69. The first kappa shape index (κ1) is 13.6. The molecule has 0 aliphatic carbocycles. The molecule has 0 saturated heterocycles. The van der Waals surface area contributed by atoms with Crippen molar-refractivity contribution in [2.45, 2.75) is 13.0 Å². The number of aliphatic carboxylic acids is 1. The highest BCUT2D eigenvalue weighted by molar-refractivity contribution is 9.10. The van der Waals surface area contributed by atoms with Crippen molar-refractivity contribution in [3.05, 3.63) is 64.1 Å². The Morgan fingerprint density at radius 2 is 1.68 bits per heavy atom. The Morgan fingerprint density at radius 1 is 1.05 bits per heavy atom. The third kappa shape index (κ3) is 3.83. The van der Waals surface area contributed by atoms with Crippen molar-refractivity contribution < 1.29 is 9.90 Å². The molecule has 2 aromatic rings. The van der Waals surface area contributed by atoms with E-state index in [2.05, 4.69) is 21.2 Å². The lowest BCUT2D eigenvalue weighted by Crippen LogP contribution is -2.07. The van der Waals surface area contributed by atoms with E-state index < -0.39 is 5.97 Å². The molecular formula is C15H14BrNO2. The molecule has 98 valence electrons. The molecule has 4 heteroatoms. The predicted molar refractivity (Wildman–Crippen MR) is 79.3 cm³/mol. The van der Waals surface area contributed by atoms with Crippen LogP contribution in [0.25, 0.3) is 0 Å². The molecule has 0 bridgehead atoms. The van der Waals surface area contributed by atoms with Gasteiger partial charge in [-0.25, -0.2) is 0 Å². The Bertz CT molecular complexity index is 584. The summed E-state index contributed by atoms with van der Waals surface area (Å²) in [6.07, 6.45) is 0.0494. The second-order valence-electron chi connectivity index (χ2n) is 4.17. The van der Waals surface area contributed by atoms with Gasteiger partial charge in [0.15, 0.2) is 0 Å². The topological polar surface area (TPSA) is 49.3 Å². The summed E-state index contributed by atoms with van der Waals surface area (Å²) in [6.45, 7) is 0.603. The quantitative estimate of drug-likeness (QED) is 0.883. The first-order valence-electron chi connectivity index (χ1n) is 5.94. The minimum absolute atomic E-state index is 0.0494. The molecule has 0 aromatic heterocycles. The maximum absolute atomic E-state index is 10.8. The van der Waals surface area contributed by atoms with Gasteiger partial charge in [0.2, 0.25) is 0 Å². The van der Waals surface area contributed by atoms with E-state index in [0.29, 0.717) is 6.54 Å². The molecule has 0 aliphatic rings. The Kier molecular flexibility index (Phi) is 4.58. The van der Waals surface area contributed by atoms with Gasteiger partial charge < -0.3 is 10.4 Å². The van der Waals surface area contributed by atoms with Crippen LogP contribution in [0.2, 0.25) is 0 Å². The maximum atomic E-state index is 10.8. The molecule has 2 aromatic carbocycles. The van der Waals surface area contributed by atoms with Gasteiger partial charge in [-0.3, -0.25) is 4.79 Å². The molecule has 0 heterocycles. The standard InChI is InChI=1S/C15H14BrNO2/c16-13-7-3-4-8-14(13)17-10-12-6-2-1-5-11(12)9-15(18)19/h1-8,17H,9-10H2,(H,18,19). The van der Waals surface area contributed by atoms with E-state index in [0.717, 1.165) is 21.3 Å². The number of nitrogens with one attached hydrogen (secondary N) is 1. The number of hydrogen-bond acceptors (Lipinski definition) is 2. The molecule has 0 atom stereocenters. The van der Waals surface area contributed by atoms with Gasteiger partial charge in [-0.1, -0.05) is 36.4 Å². The highest BCUT2D eigenvalue weighted by atomic mass is 79.9. The highest BCUT2D eigenvalue weighted by Crippen LogP contribution is 2.22. The molecule has 0 aliphatic heterocycles. The molecule has 0 unspecified atom stereocenters. The Labute approximate surface area is 120 Å². The Balaban J connectivity index is 2.11. The third-order valence-electron chi connectivity index (χ3n) is 2.80. The molecule has 2 N–H and O–H groups in total. The lowest BCUT2D eigenvalue weighted by Gasteiger charge is -2.11. The molecule has 0 spiro atoms. The number of hydrogen-bond donors (Lipinski definition) is 2. The van der Waals surface area contributed by atoms with Crippen LogP contribution in [0.4, 0.5) is 5.69 Å². The van der Waals surface area contributed by atoms with Crippen LogP contribution in [-0.4, -0.2) is 11.1 Å². The number of carboxylic acid groups (broad SMARTS) is 1. The zero-order chi connectivity index (χ0) is 13.7. The van der Waals surface area contributed by atoms with Crippen LogP contribution in [0.1, 0.15) is 11.1 Å². The summed E-state index contributed by atoms with van der Waals surface area (Å²) >= 11 is 3.47. The smallest absolute Gasteiger partial charge is 0.307 e. The average Bonchev–Trinajstić information content (AvgIpc) is 2.39. The van der Waals surface area contributed by atoms with E-state index >= 15 is 0 Å². The fraction of sp³-hybridized carbons (Fsp3) is 0.133. The number of para-hydroxylation sites is 1.